The predicted octanol–water partition coefficient (Wildman–Crippen LogP) is 4.84. The van der Waals surface area contributed by atoms with Crippen molar-refractivity contribution in [3.8, 4) is 0 Å². The summed E-state index contributed by atoms with van der Waals surface area (Å²) in [5.74, 6) is 0.560. The van der Waals surface area contributed by atoms with Gasteiger partial charge in [-0.2, -0.15) is 17.2 Å². The molecule has 18 heavy (non-hydrogen) atoms. The molecular weight excluding hydrogens is 430 g/mol. The standard InChI is InChI=1S/C9H13.C5H5.CH2.2ClH.Hf/c1-6-5-7(2)9(4)8(6)3;1-2-4-5-3-1;;;;/h6H,1-4H3;1-3H,4H2;1H2;2*1H;/q2*-1;;;;+2. The minimum absolute atomic E-state index is 0. The van der Waals surface area contributed by atoms with Crippen molar-refractivity contribution in [1.82, 2.24) is 0 Å². The Bertz CT molecular complexity index is 328. The molecule has 2 aliphatic carbocycles. The average molecular weight is 452 g/mol. The summed E-state index contributed by atoms with van der Waals surface area (Å²) in [6.07, 6.45) is 13.4. The summed E-state index contributed by atoms with van der Waals surface area (Å²) >= 11 is 1.06. The zero-order valence-electron chi connectivity index (χ0n) is 11.5. The van der Waals surface area contributed by atoms with Crippen molar-refractivity contribution >= 4 is 29.1 Å². The van der Waals surface area contributed by atoms with Gasteiger partial charge < -0.3 is 0 Å². The van der Waals surface area contributed by atoms with Gasteiger partial charge in [-0.15, -0.1) is 38.2 Å². The molecule has 3 heteroatoms. The zero-order chi connectivity index (χ0) is 12.6. The van der Waals surface area contributed by atoms with Crippen LogP contribution in [0.25, 0.3) is 0 Å². The van der Waals surface area contributed by atoms with Crippen molar-refractivity contribution in [2.24, 2.45) is 5.92 Å². The van der Waals surface area contributed by atoms with E-state index in [1.807, 2.05) is 12.2 Å². The molecule has 2 rings (SSSR count). The molecule has 0 fully saturated rings. The van der Waals surface area contributed by atoms with E-state index in [0.717, 1.165) is 30.3 Å². The molecule has 1 atom stereocenters. The summed E-state index contributed by atoms with van der Waals surface area (Å²) in [5.41, 5.74) is 4.25. The number of allylic oxidation sites excluding steroid dienone is 8. The summed E-state index contributed by atoms with van der Waals surface area (Å²) in [5, 5.41) is 0. The molecule has 0 aromatic rings. The van der Waals surface area contributed by atoms with Gasteiger partial charge in [0.1, 0.15) is 0 Å². The van der Waals surface area contributed by atoms with Crippen LogP contribution < -0.4 is 0 Å². The van der Waals surface area contributed by atoms with E-state index in [2.05, 4.69) is 50.2 Å². The topological polar surface area (TPSA) is 0 Å². The first kappa shape index (κ1) is 23.4. The third kappa shape index (κ3) is 8.39. The summed E-state index contributed by atoms with van der Waals surface area (Å²) in [7, 11) is 0. The van der Waals surface area contributed by atoms with Crippen LogP contribution in [0.3, 0.4) is 0 Å². The van der Waals surface area contributed by atoms with Gasteiger partial charge in [0.15, 0.2) is 0 Å². The van der Waals surface area contributed by atoms with E-state index in [4.69, 9.17) is 0 Å². The number of rotatable bonds is 0. The Balaban J connectivity index is -0.000000217. The van der Waals surface area contributed by atoms with Crippen molar-refractivity contribution in [2.45, 2.75) is 34.1 Å². The minimum atomic E-state index is 0. The van der Waals surface area contributed by atoms with Crippen molar-refractivity contribution in [1.29, 1.82) is 0 Å². The maximum absolute atomic E-state index is 3.39. The normalized spacial score (nSPS) is 18.8. The van der Waals surface area contributed by atoms with Crippen molar-refractivity contribution in [3.63, 3.8) is 0 Å². The summed E-state index contributed by atoms with van der Waals surface area (Å²) in [6, 6.07) is 0. The molecule has 0 nitrogen and oxygen atoms in total. The molecule has 2 aliphatic rings. The first-order valence-electron chi connectivity index (χ1n) is 5.48. The van der Waals surface area contributed by atoms with Crippen LogP contribution >= 0.6 is 24.8 Å². The van der Waals surface area contributed by atoms with Gasteiger partial charge in [0.05, 0.1) is 0 Å². The molecule has 1 unspecified atom stereocenters. The quantitative estimate of drug-likeness (QED) is 0.365. The van der Waals surface area contributed by atoms with E-state index in [1.165, 1.54) is 16.7 Å². The van der Waals surface area contributed by atoms with Crippen LogP contribution in [0.2, 0.25) is 0 Å². The monoisotopic (exact) mass is 452 g/mol. The van der Waals surface area contributed by atoms with Gasteiger partial charge in [0.25, 0.3) is 0 Å². The van der Waals surface area contributed by atoms with Gasteiger partial charge in [-0.05, 0) is 0 Å². The first-order chi connectivity index (χ1) is 7.63. The van der Waals surface area contributed by atoms with Crippen molar-refractivity contribution in [3.05, 3.63) is 47.1 Å². The second kappa shape index (κ2) is 13.7. The molecular formula is C15H22Cl2Hf. The number of hydrogen-bond acceptors (Lipinski definition) is 0. The fraction of sp³-hybridized carbons (Fsp3) is 0.400. The van der Waals surface area contributed by atoms with Crippen molar-refractivity contribution in [2.75, 3.05) is 0 Å². The molecule has 100 valence electrons. The molecule has 0 spiro atoms. The molecule has 0 saturated carbocycles. The van der Waals surface area contributed by atoms with E-state index >= 15 is 0 Å². The number of hydrogen-bond donors (Lipinski definition) is 0. The maximum atomic E-state index is 3.39. The summed E-state index contributed by atoms with van der Waals surface area (Å²) < 4.78 is 3.39. The van der Waals surface area contributed by atoms with E-state index < -0.39 is 0 Å². The molecule has 0 aromatic heterocycles. The Kier molecular flexibility index (Phi) is 17.8. The Hall–Kier alpha value is 0.280. The molecule has 0 bridgehead atoms. The molecule has 0 radical (unpaired) electrons. The predicted molar refractivity (Wildman–Crippen MR) is 83.2 cm³/mol. The van der Waals surface area contributed by atoms with Gasteiger partial charge in [-0.3, -0.25) is 12.2 Å². The average Bonchev–Trinajstić information content (AvgIpc) is 2.93. The summed E-state index contributed by atoms with van der Waals surface area (Å²) in [6.45, 7) is 8.67. The molecule has 0 aliphatic heterocycles. The number of halogens is 2. The second-order valence-corrected chi connectivity index (χ2v) is 3.80. The third-order valence-electron chi connectivity index (χ3n) is 2.82. The van der Waals surface area contributed by atoms with Crippen molar-refractivity contribution < 1.29 is 23.9 Å². The van der Waals surface area contributed by atoms with Gasteiger partial charge >= 0.3 is 28.2 Å². The Morgan fingerprint density at radius 1 is 1.22 bits per heavy atom. The van der Waals surface area contributed by atoms with E-state index in [1.54, 1.807) is 0 Å². The Morgan fingerprint density at radius 2 is 1.78 bits per heavy atom. The fourth-order valence-electron chi connectivity index (χ4n) is 1.50. The fourth-order valence-corrected chi connectivity index (χ4v) is 1.50. The first-order valence-corrected chi connectivity index (χ1v) is 8.02. The Morgan fingerprint density at radius 3 is 1.89 bits per heavy atom. The zero-order valence-corrected chi connectivity index (χ0v) is 16.8. The van der Waals surface area contributed by atoms with E-state index in [9.17, 15) is 0 Å². The van der Waals surface area contributed by atoms with Crippen LogP contribution in [-0.4, -0.2) is 4.26 Å². The van der Waals surface area contributed by atoms with Gasteiger partial charge in [-0.1, -0.05) is 26.7 Å². The molecule has 0 saturated heterocycles. The van der Waals surface area contributed by atoms with Crippen LogP contribution in [-0.2, 0) is 23.9 Å². The van der Waals surface area contributed by atoms with E-state index in [-0.39, 0.29) is 24.8 Å². The molecule has 0 amide bonds. The van der Waals surface area contributed by atoms with Crippen LogP contribution in [0.1, 0.15) is 34.1 Å². The van der Waals surface area contributed by atoms with Crippen LogP contribution in [0, 0.1) is 18.1 Å². The second-order valence-electron chi connectivity index (χ2n) is 3.80. The molecule has 0 N–H and O–H groups in total. The SMILES string of the molecule is CC1=[C-]C(C)C(C)=C1C.Cl.Cl.[C-]1=CC=CC1.[CH2]=[Hf+2]. The van der Waals surface area contributed by atoms with Gasteiger partial charge in [-0.25, -0.2) is 17.7 Å². The molecule has 0 aromatic carbocycles. The van der Waals surface area contributed by atoms with Gasteiger partial charge in [0.2, 0.25) is 0 Å². The van der Waals surface area contributed by atoms with Crippen LogP contribution in [0.4, 0.5) is 0 Å². The van der Waals surface area contributed by atoms with Crippen LogP contribution in [0.15, 0.2) is 34.9 Å². The van der Waals surface area contributed by atoms with E-state index in [0.29, 0.717) is 5.92 Å². The third-order valence-corrected chi connectivity index (χ3v) is 2.82. The Labute approximate surface area is 139 Å². The van der Waals surface area contributed by atoms with Crippen LogP contribution in [0.5, 0.6) is 0 Å². The summed E-state index contributed by atoms with van der Waals surface area (Å²) in [4.78, 5) is 0. The molecule has 0 heterocycles. The van der Waals surface area contributed by atoms with Gasteiger partial charge in [0, 0.05) is 0 Å².